The largest absolute Gasteiger partial charge is 0.458 e. The van der Waals surface area contributed by atoms with Crippen LogP contribution in [0.2, 0.25) is 0 Å². The lowest BCUT2D eigenvalue weighted by atomic mass is 10.2. The number of hydrogen-bond acceptors (Lipinski definition) is 5. The molecule has 0 amide bonds. The number of aromatic amines is 1. The van der Waals surface area contributed by atoms with Crippen molar-refractivity contribution in [3.05, 3.63) is 34.0 Å². The average Bonchev–Trinajstić information content (AvgIpc) is 2.70. The number of nitrogens with zero attached hydrogens (tertiary/aromatic N) is 2. The number of esters is 1. The number of nitro groups is 1. The van der Waals surface area contributed by atoms with E-state index in [4.69, 9.17) is 4.74 Å². The van der Waals surface area contributed by atoms with Gasteiger partial charge in [0.25, 0.3) is 5.69 Å². The molecule has 0 radical (unpaired) electrons. The van der Waals surface area contributed by atoms with E-state index < -0.39 is 10.9 Å². The fraction of sp³-hybridized carbons (Fsp3) is 0.273. The molecule has 1 heterocycles. The lowest BCUT2D eigenvalue weighted by Crippen LogP contribution is -2.12. The van der Waals surface area contributed by atoms with Gasteiger partial charge < -0.3 is 4.74 Å². The first-order valence-electron chi connectivity index (χ1n) is 5.32. The third kappa shape index (κ3) is 2.15. The average molecular weight is 249 g/mol. The number of nitrogens with one attached hydrogen (secondary N) is 1. The molecule has 1 N–H and O–H groups in total. The van der Waals surface area contributed by atoms with Gasteiger partial charge in [0, 0.05) is 17.5 Å². The van der Waals surface area contributed by atoms with Gasteiger partial charge in [0.2, 0.25) is 0 Å². The summed E-state index contributed by atoms with van der Waals surface area (Å²) in [6.45, 7) is 3.47. The minimum Gasteiger partial charge on any atom is -0.458 e. The highest BCUT2D eigenvalue weighted by atomic mass is 16.6. The van der Waals surface area contributed by atoms with Crippen molar-refractivity contribution < 1.29 is 14.5 Å². The maximum absolute atomic E-state index is 11.7. The Labute approximate surface area is 102 Å². The van der Waals surface area contributed by atoms with E-state index in [2.05, 4.69) is 10.2 Å². The molecule has 1 aromatic heterocycles. The van der Waals surface area contributed by atoms with Crippen molar-refractivity contribution in [1.29, 1.82) is 0 Å². The number of carbonyl (C=O) groups is 1. The van der Waals surface area contributed by atoms with Crippen LogP contribution in [-0.4, -0.2) is 27.2 Å². The van der Waals surface area contributed by atoms with Crippen LogP contribution >= 0.6 is 0 Å². The van der Waals surface area contributed by atoms with Crippen LogP contribution < -0.4 is 0 Å². The predicted molar refractivity (Wildman–Crippen MR) is 63.3 cm³/mol. The maximum atomic E-state index is 11.7. The minimum absolute atomic E-state index is 0.0603. The maximum Gasteiger partial charge on any atom is 0.359 e. The number of hydrogen-bond donors (Lipinski definition) is 1. The molecule has 7 heteroatoms. The molecule has 2 aromatic rings. The Hall–Kier alpha value is -2.44. The van der Waals surface area contributed by atoms with Gasteiger partial charge in [-0.05, 0) is 19.9 Å². The normalized spacial score (nSPS) is 10.8. The van der Waals surface area contributed by atoms with E-state index in [1.54, 1.807) is 13.8 Å². The molecular formula is C11H11N3O4. The molecule has 0 aliphatic carbocycles. The Morgan fingerprint density at radius 2 is 2.22 bits per heavy atom. The second-order valence-electron chi connectivity index (χ2n) is 4.01. The monoisotopic (exact) mass is 249 g/mol. The lowest BCUT2D eigenvalue weighted by molar-refractivity contribution is -0.384. The van der Waals surface area contributed by atoms with Crippen LogP contribution in [0.5, 0.6) is 0 Å². The molecular weight excluding hydrogens is 238 g/mol. The Bertz CT molecular complexity index is 618. The van der Waals surface area contributed by atoms with Gasteiger partial charge in [-0.15, -0.1) is 0 Å². The number of ether oxygens (including phenoxy) is 1. The zero-order valence-corrected chi connectivity index (χ0v) is 9.84. The molecule has 1 aromatic carbocycles. The zero-order valence-electron chi connectivity index (χ0n) is 9.84. The molecule has 0 aliphatic heterocycles. The molecule has 2 rings (SSSR count). The second-order valence-corrected chi connectivity index (χ2v) is 4.01. The van der Waals surface area contributed by atoms with Gasteiger partial charge in [0.15, 0.2) is 5.69 Å². The summed E-state index contributed by atoms with van der Waals surface area (Å²) in [4.78, 5) is 21.8. The van der Waals surface area contributed by atoms with Gasteiger partial charge in [-0.1, -0.05) is 0 Å². The Kier molecular flexibility index (Phi) is 2.97. The van der Waals surface area contributed by atoms with Crippen LogP contribution in [-0.2, 0) is 4.74 Å². The number of nitro benzene ring substituents is 1. The number of non-ortho nitro benzene ring substituents is 1. The SMILES string of the molecule is CC(C)OC(=O)c1n[nH]c2cc([N+](=O)[O-])ccc12. The van der Waals surface area contributed by atoms with Gasteiger partial charge in [-0.3, -0.25) is 15.2 Å². The topological polar surface area (TPSA) is 98.1 Å². The zero-order chi connectivity index (χ0) is 13.3. The van der Waals surface area contributed by atoms with E-state index >= 15 is 0 Å². The third-order valence-electron chi connectivity index (χ3n) is 2.29. The fourth-order valence-corrected chi connectivity index (χ4v) is 1.55. The van der Waals surface area contributed by atoms with Crippen molar-refractivity contribution in [3.8, 4) is 0 Å². The van der Waals surface area contributed by atoms with Gasteiger partial charge >= 0.3 is 5.97 Å². The minimum atomic E-state index is -0.551. The summed E-state index contributed by atoms with van der Waals surface area (Å²) >= 11 is 0. The standard InChI is InChI=1S/C11H11N3O4/c1-6(2)18-11(15)10-8-4-3-7(14(16)17)5-9(8)12-13-10/h3-6H,1-2H3,(H,12,13). The molecule has 0 unspecified atom stereocenters. The van der Waals surface area contributed by atoms with E-state index in [-0.39, 0.29) is 17.5 Å². The van der Waals surface area contributed by atoms with Crippen LogP contribution in [0.25, 0.3) is 10.9 Å². The summed E-state index contributed by atoms with van der Waals surface area (Å²) in [7, 11) is 0. The Balaban J connectivity index is 2.43. The molecule has 0 spiro atoms. The van der Waals surface area contributed by atoms with E-state index in [0.29, 0.717) is 10.9 Å². The number of aromatic nitrogens is 2. The van der Waals surface area contributed by atoms with Gasteiger partial charge in [0.05, 0.1) is 16.5 Å². The van der Waals surface area contributed by atoms with E-state index in [1.807, 2.05) is 0 Å². The van der Waals surface area contributed by atoms with E-state index in [0.717, 1.165) is 0 Å². The summed E-state index contributed by atoms with van der Waals surface area (Å²) in [5, 5.41) is 17.5. The summed E-state index contributed by atoms with van der Waals surface area (Å²) in [5.74, 6) is -0.551. The van der Waals surface area contributed by atoms with Crippen molar-refractivity contribution in [2.75, 3.05) is 0 Å². The first kappa shape index (κ1) is 12.0. The molecule has 94 valence electrons. The number of fused-ring (bicyclic) bond motifs is 1. The number of rotatable bonds is 3. The molecule has 0 aliphatic rings. The quantitative estimate of drug-likeness (QED) is 0.509. The van der Waals surface area contributed by atoms with Gasteiger partial charge in [-0.2, -0.15) is 5.10 Å². The van der Waals surface area contributed by atoms with Crippen molar-refractivity contribution in [2.45, 2.75) is 20.0 Å². The van der Waals surface area contributed by atoms with Crippen LogP contribution in [0.4, 0.5) is 5.69 Å². The highest BCUT2D eigenvalue weighted by Gasteiger charge is 2.18. The van der Waals surface area contributed by atoms with Crippen LogP contribution in [0, 0.1) is 10.1 Å². The first-order valence-corrected chi connectivity index (χ1v) is 5.32. The van der Waals surface area contributed by atoms with Crippen molar-refractivity contribution in [3.63, 3.8) is 0 Å². The summed E-state index contributed by atoms with van der Waals surface area (Å²) in [5.41, 5.74) is 0.503. The lowest BCUT2D eigenvalue weighted by Gasteiger charge is -2.05. The fourth-order valence-electron chi connectivity index (χ4n) is 1.55. The molecule has 0 saturated heterocycles. The number of carbonyl (C=O) groups excluding carboxylic acids is 1. The number of benzene rings is 1. The Morgan fingerprint density at radius 3 is 2.83 bits per heavy atom. The summed E-state index contributed by atoms with van der Waals surface area (Å²) < 4.78 is 5.03. The van der Waals surface area contributed by atoms with Crippen LogP contribution in [0.15, 0.2) is 18.2 Å². The highest BCUT2D eigenvalue weighted by Crippen LogP contribution is 2.22. The van der Waals surface area contributed by atoms with Crippen LogP contribution in [0.3, 0.4) is 0 Å². The molecule has 7 nitrogen and oxygen atoms in total. The van der Waals surface area contributed by atoms with Crippen molar-refractivity contribution >= 4 is 22.6 Å². The molecule has 18 heavy (non-hydrogen) atoms. The van der Waals surface area contributed by atoms with Crippen molar-refractivity contribution in [2.24, 2.45) is 0 Å². The number of H-pyrrole nitrogens is 1. The van der Waals surface area contributed by atoms with Gasteiger partial charge in [-0.25, -0.2) is 4.79 Å². The molecule has 0 atom stereocenters. The smallest absolute Gasteiger partial charge is 0.359 e. The molecule has 0 bridgehead atoms. The molecule has 0 saturated carbocycles. The molecule has 0 fully saturated rings. The summed E-state index contributed by atoms with van der Waals surface area (Å²) in [6, 6.07) is 4.13. The first-order chi connectivity index (χ1) is 8.49. The van der Waals surface area contributed by atoms with Crippen LogP contribution in [0.1, 0.15) is 24.3 Å². The Morgan fingerprint density at radius 1 is 1.50 bits per heavy atom. The van der Waals surface area contributed by atoms with E-state index in [9.17, 15) is 14.9 Å². The van der Waals surface area contributed by atoms with Gasteiger partial charge in [0.1, 0.15) is 0 Å². The second kappa shape index (κ2) is 4.44. The highest BCUT2D eigenvalue weighted by molar-refractivity contribution is 6.02. The van der Waals surface area contributed by atoms with Crippen molar-refractivity contribution in [1.82, 2.24) is 10.2 Å². The summed E-state index contributed by atoms with van der Waals surface area (Å²) in [6.07, 6.45) is -0.248. The third-order valence-corrected chi connectivity index (χ3v) is 2.29. The van der Waals surface area contributed by atoms with E-state index in [1.165, 1.54) is 18.2 Å². The predicted octanol–water partition coefficient (Wildman–Crippen LogP) is 2.04.